The second-order valence-electron chi connectivity index (χ2n) is 6.72. The molecule has 0 aliphatic rings. The Labute approximate surface area is 188 Å². The first-order valence-electron chi connectivity index (χ1n) is 10.2. The van der Waals surface area contributed by atoms with Gasteiger partial charge in [0.05, 0.1) is 0 Å². The highest BCUT2D eigenvalue weighted by atomic mass is 19.3. The van der Waals surface area contributed by atoms with E-state index >= 15 is 0 Å². The van der Waals surface area contributed by atoms with E-state index in [-0.39, 0.29) is 23.3 Å². The van der Waals surface area contributed by atoms with Crippen LogP contribution in [0.25, 0.3) is 0 Å². The van der Waals surface area contributed by atoms with Crippen molar-refractivity contribution in [3.05, 3.63) is 71.8 Å². The van der Waals surface area contributed by atoms with E-state index in [9.17, 15) is 27.2 Å². The number of alkyl halides is 4. The zero-order valence-electron chi connectivity index (χ0n) is 17.6. The number of ether oxygens (including phenoxy) is 2. The molecule has 0 heterocycles. The van der Waals surface area contributed by atoms with Crippen LogP contribution in [0.5, 0.6) is 11.5 Å². The lowest BCUT2D eigenvalue weighted by Crippen LogP contribution is -2.24. The average molecular weight is 468 g/mol. The van der Waals surface area contributed by atoms with E-state index in [1.807, 2.05) is 12.2 Å². The van der Waals surface area contributed by atoms with E-state index in [1.54, 1.807) is 0 Å². The van der Waals surface area contributed by atoms with Crippen LogP contribution < -0.4 is 20.1 Å². The highest BCUT2D eigenvalue weighted by Crippen LogP contribution is 2.15. The Morgan fingerprint density at radius 2 is 1.12 bits per heavy atom. The van der Waals surface area contributed by atoms with Crippen LogP contribution in [0.3, 0.4) is 0 Å². The third-order valence-electron chi connectivity index (χ3n) is 4.28. The van der Waals surface area contributed by atoms with E-state index in [4.69, 9.17) is 0 Å². The molecule has 0 aliphatic carbocycles. The Balaban J connectivity index is 1.56. The highest BCUT2D eigenvalue weighted by molar-refractivity contribution is 5.94. The molecule has 0 fully saturated rings. The van der Waals surface area contributed by atoms with Crippen molar-refractivity contribution in [2.75, 3.05) is 13.1 Å². The summed E-state index contributed by atoms with van der Waals surface area (Å²) in [4.78, 5) is 24.0. The molecule has 178 valence electrons. The van der Waals surface area contributed by atoms with Crippen molar-refractivity contribution in [2.45, 2.75) is 32.5 Å². The molecule has 6 nitrogen and oxygen atoms in total. The van der Waals surface area contributed by atoms with Crippen molar-refractivity contribution >= 4 is 11.8 Å². The number of unbranched alkanes of at least 4 members (excludes halogenated alkanes) is 1. The Bertz CT molecular complexity index is 904. The van der Waals surface area contributed by atoms with Gasteiger partial charge in [0.1, 0.15) is 11.5 Å². The Morgan fingerprint density at radius 1 is 0.697 bits per heavy atom. The van der Waals surface area contributed by atoms with E-state index in [2.05, 4.69) is 20.1 Å². The molecule has 0 radical (unpaired) electrons. The maximum Gasteiger partial charge on any atom is 0.387 e. The van der Waals surface area contributed by atoms with Gasteiger partial charge in [-0.05, 0) is 67.8 Å². The summed E-state index contributed by atoms with van der Waals surface area (Å²) in [6.45, 7) is -4.97. The Kier molecular flexibility index (Phi) is 10.7. The van der Waals surface area contributed by atoms with Gasteiger partial charge in [-0.25, -0.2) is 0 Å². The fraction of sp³-hybridized carbons (Fsp3) is 0.304. The number of carbonyl (C=O) groups is 2. The molecular weight excluding hydrogens is 444 g/mol. The molecule has 2 aromatic rings. The SMILES string of the molecule is O=C(NCC/C=C/CCCNC(=O)c1ccc(OC(F)F)cc1)c1ccc(OC(F)F)cc1. The van der Waals surface area contributed by atoms with Crippen LogP contribution in [-0.4, -0.2) is 38.1 Å². The number of benzene rings is 2. The Morgan fingerprint density at radius 3 is 1.58 bits per heavy atom. The largest absolute Gasteiger partial charge is 0.435 e. The van der Waals surface area contributed by atoms with Crippen LogP contribution in [0.15, 0.2) is 60.7 Å². The molecule has 2 rings (SSSR count). The summed E-state index contributed by atoms with van der Waals surface area (Å²) in [7, 11) is 0. The number of hydrogen-bond donors (Lipinski definition) is 2. The van der Waals surface area contributed by atoms with Gasteiger partial charge in [-0.15, -0.1) is 0 Å². The highest BCUT2D eigenvalue weighted by Gasteiger charge is 2.08. The van der Waals surface area contributed by atoms with Crippen LogP contribution in [0.4, 0.5) is 17.6 Å². The van der Waals surface area contributed by atoms with E-state index in [0.29, 0.717) is 37.1 Å². The topological polar surface area (TPSA) is 76.7 Å². The molecular formula is C23H24F4N2O4. The molecule has 0 saturated heterocycles. The van der Waals surface area contributed by atoms with Gasteiger partial charge < -0.3 is 20.1 Å². The van der Waals surface area contributed by atoms with Gasteiger partial charge in [-0.3, -0.25) is 9.59 Å². The molecule has 0 aromatic heterocycles. The molecule has 0 atom stereocenters. The van der Waals surface area contributed by atoms with Crippen LogP contribution in [-0.2, 0) is 0 Å². The molecule has 0 unspecified atom stereocenters. The summed E-state index contributed by atoms with van der Waals surface area (Å²) in [5.74, 6) is -0.652. The van der Waals surface area contributed by atoms with Crippen molar-refractivity contribution < 1.29 is 36.6 Å². The molecule has 0 spiro atoms. The molecule has 2 aromatic carbocycles. The van der Waals surface area contributed by atoms with Gasteiger partial charge in [0.15, 0.2) is 0 Å². The molecule has 33 heavy (non-hydrogen) atoms. The number of amides is 2. The normalized spacial score (nSPS) is 11.1. The van der Waals surface area contributed by atoms with Gasteiger partial charge in [0.2, 0.25) is 0 Å². The van der Waals surface area contributed by atoms with E-state index in [1.165, 1.54) is 48.5 Å². The van der Waals surface area contributed by atoms with Crippen molar-refractivity contribution in [1.82, 2.24) is 10.6 Å². The van der Waals surface area contributed by atoms with Crippen molar-refractivity contribution in [3.8, 4) is 11.5 Å². The zero-order chi connectivity index (χ0) is 24.1. The lowest BCUT2D eigenvalue weighted by molar-refractivity contribution is -0.0505. The number of rotatable bonds is 13. The standard InChI is InChI=1S/C23H24F4N2O4/c24-22(25)32-18-10-6-16(7-11-18)20(30)28-14-4-2-1-3-5-15-29-21(31)17-8-12-19(13-9-17)33-23(26)27/h1-2,6-13,22-23H,3-5,14-15H2,(H,28,30)(H,29,31)/b2-1+. The zero-order valence-corrected chi connectivity index (χ0v) is 17.6. The van der Waals surface area contributed by atoms with Crippen LogP contribution in [0.1, 0.15) is 40.0 Å². The minimum atomic E-state index is -2.91. The minimum absolute atomic E-state index is 0.0137. The first-order chi connectivity index (χ1) is 15.8. The lowest BCUT2D eigenvalue weighted by atomic mass is 10.2. The number of hydrogen-bond acceptors (Lipinski definition) is 4. The number of carbonyl (C=O) groups excluding carboxylic acids is 2. The minimum Gasteiger partial charge on any atom is -0.435 e. The maximum absolute atomic E-state index is 12.1. The smallest absolute Gasteiger partial charge is 0.387 e. The number of halogens is 4. The quantitative estimate of drug-likeness (QED) is 0.252. The molecule has 2 amide bonds. The summed E-state index contributed by atoms with van der Waals surface area (Å²) in [6.07, 6.45) is 5.88. The monoisotopic (exact) mass is 468 g/mol. The van der Waals surface area contributed by atoms with Gasteiger partial charge in [0, 0.05) is 24.2 Å². The third-order valence-corrected chi connectivity index (χ3v) is 4.28. The molecule has 0 bridgehead atoms. The third kappa shape index (κ3) is 10.1. The summed E-state index contributed by atoms with van der Waals surface area (Å²) in [5.41, 5.74) is 0.687. The second kappa shape index (κ2) is 13.8. The molecule has 0 saturated carbocycles. The number of nitrogens with one attached hydrogen (secondary N) is 2. The van der Waals surface area contributed by atoms with Crippen LogP contribution in [0, 0.1) is 0 Å². The Hall–Kier alpha value is -3.56. The van der Waals surface area contributed by atoms with E-state index < -0.39 is 13.2 Å². The predicted molar refractivity (Wildman–Crippen MR) is 114 cm³/mol. The summed E-state index contributed by atoms with van der Waals surface area (Å²) >= 11 is 0. The van der Waals surface area contributed by atoms with Gasteiger partial charge in [0.25, 0.3) is 11.8 Å². The fourth-order valence-electron chi connectivity index (χ4n) is 2.71. The van der Waals surface area contributed by atoms with Gasteiger partial charge in [-0.2, -0.15) is 17.6 Å². The van der Waals surface area contributed by atoms with Crippen molar-refractivity contribution in [2.24, 2.45) is 0 Å². The van der Waals surface area contributed by atoms with Crippen molar-refractivity contribution in [3.63, 3.8) is 0 Å². The average Bonchev–Trinajstić information content (AvgIpc) is 2.78. The molecule has 10 heteroatoms. The second-order valence-corrected chi connectivity index (χ2v) is 6.72. The van der Waals surface area contributed by atoms with Crippen LogP contribution in [0.2, 0.25) is 0 Å². The summed E-state index contributed by atoms with van der Waals surface area (Å²) in [5, 5.41) is 5.46. The molecule has 2 N–H and O–H groups in total. The van der Waals surface area contributed by atoms with Crippen LogP contribution >= 0.6 is 0 Å². The first-order valence-corrected chi connectivity index (χ1v) is 10.2. The summed E-state index contributed by atoms with van der Waals surface area (Å²) in [6, 6.07) is 10.8. The lowest BCUT2D eigenvalue weighted by Gasteiger charge is -2.07. The predicted octanol–water partition coefficient (Wildman–Crippen LogP) is 4.78. The maximum atomic E-state index is 12.1. The van der Waals surface area contributed by atoms with Gasteiger partial charge >= 0.3 is 13.2 Å². The summed E-state index contributed by atoms with van der Waals surface area (Å²) < 4.78 is 56.9. The molecule has 0 aliphatic heterocycles. The number of allylic oxidation sites excluding steroid dienone is 1. The first kappa shape index (κ1) is 25.7. The van der Waals surface area contributed by atoms with E-state index in [0.717, 1.165) is 6.42 Å². The van der Waals surface area contributed by atoms with Gasteiger partial charge in [-0.1, -0.05) is 12.2 Å². The fourth-order valence-corrected chi connectivity index (χ4v) is 2.71. The van der Waals surface area contributed by atoms with Crippen molar-refractivity contribution in [1.29, 1.82) is 0 Å².